The Bertz CT molecular complexity index is 308. The zero-order valence-electron chi connectivity index (χ0n) is 7.64. The first-order chi connectivity index (χ1) is 6.69. The molecule has 0 aliphatic carbocycles. The van der Waals surface area contributed by atoms with Crippen LogP contribution >= 0.6 is 11.6 Å². The van der Waals surface area contributed by atoms with Gasteiger partial charge in [0.2, 0.25) is 0 Å². The molecule has 0 saturated heterocycles. The minimum atomic E-state index is -0.438. The van der Waals surface area contributed by atoms with E-state index in [1.807, 2.05) is 0 Å². The number of ether oxygens (including phenoxy) is 1. The fourth-order valence-corrected chi connectivity index (χ4v) is 1.40. The van der Waals surface area contributed by atoms with E-state index in [2.05, 4.69) is 0 Å². The topological polar surface area (TPSA) is 52.4 Å². The Hall–Kier alpha value is -1.13. The number of nitro benzene ring substituents is 1. The molecule has 4 nitrogen and oxygen atoms in total. The molecule has 1 atom stereocenters. The fourth-order valence-electron chi connectivity index (χ4n) is 1.10. The van der Waals surface area contributed by atoms with Gasteiger partial charge in [-0.15, -0.1) is 11.6 Å². The normalized spacial score (nSPS) is 12.4. The maximum Gasteiger partial charge on any atom is 0.269 e. The summed E-state index contributed by atoms with van der Waals surface area (Å²) in [7, 11) is 1.55. The number of hydrogen-bond donors (Lipinski definition) is 0. The van der Waals surface area contributed by atoms with E-state index >= 15 is 0 Å². The SMILES string of the molecule is COC(CCl)c1ccc([N+](=O)[O-])cc1. The van der Waals surface area contributed by atoms with E-state index < -0.39 is 4.92 Å². The summed E-state index contributed by atoms with van der Waals surface area (Å²) < 4.78 is 5.08. The number of alkyl halides is 1. The van der Waals surface area contributed by atoms with Crippen molar-refractivity contribution >= 4 is 17.3 Å². The van der Waals surface area contributed by atoms with Gasteiger partial charge in [0.15, 0.2) is 0 Å². The number of benzene rings is 1. The smallest absolute Gasteiger partial charge is 0.269 e. The molecule has 0 saturated carbocycles. The van der Waals surface area contributed by atoms with Gasteiger partial charge in [-0.05, 0) is 17.7 Å². The highest BCUT2D eigenvalue weighted by atomic mass is 35.5. The van der Waals surface area contributed by atoms with Crippen LogP contribution in [0.1, 0.15) is 11.7 Å². The average molecular weight is 216 g/mol. The lowest BCUT2D eigenvalue weighted by molar-refractivity contribution is -0.384. The van der Waals surface area contributed by atoms with Gasteiger partial charge in [0.1, 0.15) is 0 Å². The summed E-state index contributed by atoms with van der Waals surface area (Å²) in [5.41, 5.74) is 0.909. The molecule has 5 heteroatoms. The lowest BCUT2D eigenvalue weighted by atomic mass is 10.1. The summed E-state index contributed by atoms with van der Waals surface area (Å²) in [5, 5.41) is 10.4. The van der Waals surface area contributed by atoms with Crippen LogP contribution in [0.2, 0.25) is 0 Å². The highest BCUT2D eigenvalue weighted by Crippen LogP contribution is 2.20. The Morgan fingerprint density at radius 1 is 1.50 bits per heavy atom. The van der Waals surface area contributed by atoms with Gasteiger partial charge < -0.3 is 4.74 Å². The quantitative estimate of drug-likeness (QED) is 0.441. The minimum Gasteiger partial charge on any atom is -0.376 e. The van der Waals surface area contributed by atoms with Crippen LogP contribution in [-0.2, 0) is 4.74 Å². The van der Waals surface area contributed by atoms with Crippen LogP contribution in [0, 0.1) is 10.1 Å². The van der Waals surface area contributed by atoms with E-state index in [1.165, 1.54) is 12.1 Å². The summed E-state index contributed by atoms with van der Waals surface area (Å²) in [6.07, 6.45) is -0.211. The van der Waals surface area contributed by atoms with E-state index in [-0.39, 0.29) is 11.8 Å². The molecule has 76 valence electrons. The molecule has 0 fully saturated rings. The van der Waals surface area contributed by atoms with Crippen molar-refractivity contribution in [3.8, 4) is 0 Å². The molecule has 0 N–H and O–H groups in total. The van der Waals surface area contributed by atoms with Gasteiger partial charge in [0.25, 0.3) is 5.69 Å². The second kappa shape index (κ2) is 4.93. The highest BCUT2D eigenvalue weighted by molar-refractivity contribution is 6.18. The third-order valence-corrected chi connectivity index (χ3v) is 2.18. The molecule has 0 radical (unpaired) electrons. The molecular weight excluding hydrogens is 206 g/mol. The largest absolute Gasteiger partial charge is 0.376 e. The van der Waals surface area contributed by atoms with Crippen LogP contribution in [0.5, 0.6) is 0 Å². The zero-order valence-corrected chi connectivity index (χ0v) is 8.40. The summed E-state index contributed by atoms with van der Waals surface area (Å²) in [5.74, 6) is 0.328. The number of nitrogens with zero attached hydrogens (tertiary/aromatic N) is 1. The van der Waals surface area contributed by atoms with Gasteiger partial charge in [-0.2, -0.15) is 0 Å². The maximum absolute atomic E-state index is 10.4. The van der Waals surface area contributed by atoms with Crippen molar-refractivity contribution in [2.45, 2.75) is 6.10 Å². The average Bonchev–Trinajstić information content (AvgIpc) is 2.20. The van der Waals surface area contributed by atoms with Crippen molar-refractivity contribution in [1.29, 1.82) is 0 Å². The monoisotopic (exact) mass is 215 g/mol. The van der Waals surface area contributed by atoms with E-state index in [1.54, 1.807) is 19.2 Å². The maximum atomic E-state index is 10.4. The van der Waals surface area contributed by atoms with E-state index in [0.29, 0.717) is 5.88 Å². The predicted molar refractivity (Wildman–Crippen MR) is 53.6 cm³/mol. The number of nitro groups is 1. The van der Waals surface area contributed by atoms with Gasteiger partial charge in [-0.3, -0.25) is 10.1 Å². The Labute approximate surface area is 86.6 Å². The second-order valence-corrected chi connectivity index (χ2v) is 3.04. The Balaban J connectivity index is 2.87. The van der Waals surface area contributed by atoms with Crippen molar-refractivity contribution in [2.75, 3.05) is 13.0 Å². The third-order valence-electron chi connectivity index (χ3n) is 1.90. The van der Waals surface area contributed by atoms with Crippen molar-refractivity contribution in [2.24, 2.45) is 0 Å². The molecule has 1 rings (SSSR count). The Kier molecular flexibility index (Phi) is 3.85. The van der Waals surface area contributed by atoms with Gasteiger partial charge in [0.05, 0.1) is 16.9 Å². The van der Waals surface area contributed by atoms with Crippen LogP contribution in [0.3, 0.4) is 0 Å². The van der Waals surface area contributed by atoms with Gasteiger partial charge >= 0.3 is 0 Å². The molecule has 1 aromatic rings. The molecule has 0 bridgehead atoms. The van der Waals surface area contributed by atoms with Crippen molar-refractivity contribution < 1.29 is 9.66 Å². The number of non-ortho nitro benzene ring substituents is 1. The van der Waals surface area contributed by atoms with Crippen molar-refractivity contribution in [3.05, 3.63) is 39.9 Å². The van der Waals surface area contributed by atoms with E-state index in [9.17, 15) is 10.1 Å². The van der Waals surface area contributed by atoms with Crippen LogP contribution in [-0.4, -0.2) is 17.9 Å². The predicted octanol–water partition coefficient (Wildman–Crippen LogP) is 2.52. The zero-order chi connectivity index (χ0) is 10.6. The van der Waals surface area contributed by atoms with Gasteiger partial charge in [-0.25, -0.2) is 0 Å². The van der Waals surface area contributed by atoms with Crippen LogP contribution in [0.25, 0.3) is 0 Å². The van der Waals surface area contributed by atoms with Gasteiger partial charge in [-0.1, -0.05) is 0 Å². The molecule has 0 amide bonds. The molecule has 14 heavy (non-hydrogen) atoms. The lowest BCUT2D eigenvalue weighted by Crippen LogP contribution is -2.02. The second-order valence-electron chi connectivity index (χ2n) is 2.73. The molecule has 0 spiro atoms. The molecular formula is C9H10ClNO3. The van der Waals surface area contributed by atoms with Crippen LogP contribution < -0.4 is 0 Å². The lowest BCUT2D eigenvalue weighted by Gasteiger charge is -2.11. The first-order valence-corrected chi connectivity index (χ1v) is 4.55. The summed E-state index contributed by atoms with van der Waals surface area (Å²) >= 11 is 5.65. The first kappa shape index (κ1) is 10.9. The number of halogens is 1. The number of rotatable bonds is 4. The summed E-state index contributed by atoms with van der Waals surface area (Å²) in [6.45, 7) is 0. The van der Waals surface area contributed by atoms with E-state index in [4.69, 9.17) is 16.3 Å². The van der Waals surface area contributed by atoms with Crippen LogP contribution in [0.4, 0.5) is 5.69 Å². The van der Waals surface area contributed by atoms with Crippen molar-refractivity contribution in [3.63, 3.8) is 0 Å². The first-order valence-electron chi connectivity index (χ1n) is 4.02. The standard InChI is InChI=1S/C9H10ClNO3/c1-14-9(6-10)7-2-4-8(5-3-7)11(12)13/h2-5,9H,6H2,1H3. The minimum absolute atomic E-state index is 0.0678. The van der Waals surface area contributed by atoms with E-state index in [0.717, 1.165) is 5.56 Å². The Morgan fingerprint density at radius 2 is 2.07 bits per heavy atom. The molecule has 1 unspecified atom stereocenters. The van der Waals surface area contributed by atoms with Crippen molar-refractivity contribution in [1.82, 2.24) is 0 Å². The Morgan fingerprint density at radius 3 is 2.43 bits per heavy atom. The number of methoxy groups -OCH3 is 1. The molecule has 0 aliphatic rings. The van der Waals surface area contributed by atoms with Crippen LogP contribution in [0.15, 0.2) is 24.3 Å². The highest BCUT2D eigenvalue weighted by Gasteiger charge is 2.10. The molecule has 0 aliphatic heterocycles. The van der Waals surface area contributed by atoms with Gasteiger partial charge in [0, 0.05) is 19.2 Å². The fraction of sp³-hybridized carbons (Fsp3) is 0.333. The molecule has 0 heterocycles. The molecule has 0 aromatic heterocycles. The summed E-state index contributed by atoms with van der Waals surface area (Å²) in [6, 6.07) is 6.17. The molecule has 1 aromatic carbocycles. The third kappa shape index (κ3) is 2.43. The number of hydrogen-bond acceptors (Lipinski definition) is 3. The summed E-state index contributed by atoms with van der Waals surface area (Å²) in [4.78, 5) is 9.93.